The summed E-state index contributed by atoms with van der Waals surface area (Å²) in [6.07, 6.45) is 1.92. The molecule has 3 rings (SSSR count). The summed E-state index contributed by atoms with van der Waals surface area (Å²) in [6.45, 7) is 7.23. The Morgan fingerprint density at radius 2 is 1.85 bits per heavy atom. The lowest BCUT2D eigenvalue weighted by molar-refractivity contribution is -0.143. The third-order valence-electron chi connectivity index (χ3n) is 5.59. The molecule has 1 amide bonds. The maximum Gasteiger partial charge on any atom is 0.408 e. The van der Waals surface area contributed by atoms with Crippen molar-refractivity contribution in [1.29, 1.82) is 0 Å². The molecule has 0 saturated heterocycles. The minimum Gasteiger partial charge on any atom is -0.466 e. The van der Waals surface area contributed by atoms with Crippen molar-refractivity contribution in [1.82, 2.24) is 10.3 Å². The van der Waals surface area contributed by atoms with Crippen LogP contribution in [0.25, 0.3) is 0 Å². The van der Waals surface area contributed by atoms with E-state index in [4.69, 9.17) is 9.47 Å². The molecule has 2 aromatic rings. The van der Waals surface area contributed by atoms with E-state index in [0.717, 1.165) is 6.07 Å². The molecule has 1 aliphatic rings. The predicted octanol–water partition coefficient (Wildman–Crippen LogP) is 5.54. The molecule has 0 radical (unpaired) electrons. The normalized spacial score (nSPS) is 20.4. The van der Waals surface area contributed by atoms with Crippen LogP contribution < -0.4 is 5.32 Å². The summed E-state index contributed by atoms with van der Waals surface area (Å²) in [7, 11) is 0. The summed E-state index contributed by atoms with van der Waals surface area (Å²) in [4.78, 5) is 29.5. The summed E-state index contributed by atoms with van der Waals surface area (Å²) in [5.41, 5.74) is 0.691. The smallest absolute Gasteiger partial charge is 0.408 e. The lowest BCUT2D eigenvalue weighted by Crippen LogP contribution is -2.37. The predicted molar refractivity (Wildman–Crippen MR) is 119 cm³/mol. The molecule has 1 aromatic heterocycles. The first kappa shape index (κ1) is 24.6. The van der Waals surface area contributed by atoms with Gasteiger partial charge in [-0.3, -0.25) is 9.78 Å². The number of rotatable bonds is 5. The van der Waals surface area contributed by atoms with Gasteiger partial charge in [0.1, 0.15) is 5.60 Å². The third kappa shape index (κ3) is 6.06. The number of carbonyl (C=O) groups is 2. The molecule has 0 fully saturated rings. The highest BCUT2D eigenvalue weighted by Crippen LogP contribution is 2.45. The van der Waals surface area contributed by atoms with E-state index in [0.29, 0.717) is 24.1 Å². The van der Waals surface area contributed by atoms with Crippen LogP contribution in [0.1, 0.15) is 81.7 Å². The van der Waals surface area contributed by atoms with Crippen molar-refractivity contribution in [2.24, 2.45) is 0 Å². The van der Waals surface area contributed by atoms with E-state index in [9.17, 15) is 18.4 Å². The first-order valence-electron chi connectivity index (χ1n) is 11.1. The van der Waals surface area contributed by atoms with Crippen LogP contribution in [0.5, 0.6) is 0 Å². The summed E-state index contributed by atoms with van der Waals surface area (Å²) < 4.78 is 39.6. The Kier molecular flexibility index (Phi) is 7.66. The van der Waals surface area contributed by atoms with Crippen LogP contribution in [0.3, 0.4) is 0 Å². The highest BCUT2D eigenvalue weighted by atomic mass is 19.2. The Bertz CT molecular complexity index is 1010. The zero-order chi connectivity index (χ0) is 24.2. The number of fused-ring (bicyclic) bond motifs is 1. The van der Waals surface area contributed by atoms with Gasteiger partial charge in [-0.1, -0.05) is 18.2 Å². The zero-order valence-electron chi connectivity index (χ0n) is 19.4. The Morgan fingerprint density at radius 3 is 2.55 bits per heavy atom. The van der Waals surface area contributed by atoms with Crippen LogP contribution in [0.4, 0.5) is 13.6 Å². The van der Waals surface area contributed by atoms with Gasteiger partial charge in [-0.25, -0.2) is 13.6 Å². The van der Waals surface area contributed by atoms with E-state index < -0.39 is 35.3 Å². The minimum atomic E-state index is -0.956. The number of ether oxygens (including phenoxy) is 2. The Hall–Kier alpha value is -3.03. The van der Waals surface area contributed by atoms with Crippen molar-refractivity contribution in [2.45, 2.75) is 70.4 Å². The highest BCUT2D eigenvalue weighted by molar-refractivity contribution is 5.71. The molecule has 0 bridgehead atoms. The number of nitrogens with one attached hydrogen (secondary N) is 1. The first-order chi connectivity index (χ1) is 15.6. The van der Waals surface area contributed by atoms with Crippen molar-refractivity contribution < 1.29 is 27.8 Å². The zero-order valence-corrected chi connectivity index (χ0v) is 19.4. The lowest BCUT2D eigenvalue weighted by atomic mass is 9.85. The molecule has 8 heteroatoms. The standard InChI is InChI=1S/C25H30F2N2O4/c1-5-32-20(30)14-15-11-12-17(16-8-6-10-19(26)21(16)27)23(18-9-7-13-28-22(15)18)29-24(31)33-25(2,3)4/h6-10,13,15,17,23H,5,11-12,14H2,1-4H3,(H,29,31)/t15-,17+,23+/m1/s1. The summed E-state index contributed by atoms with van der Waals surface area (Å²) in [6, 6.07) is 6.81. The second-order valence-corrected chi connectivity index (χ2v) is 9.13. The summed E-state index contributed by atoms with van der Waals surface area (Å²) in [5.74, 6) is -3.14. The summed E-state index contributed by atoms with van der Waals surface area (Å²) in [5, 5.41) is 2.86. The number of pyridine rings is 1. The maximum absolute atomic E-state index is 14.9. The average Bonchev–Trinajstić information content (AvgIpc) is 2.87. The van der Waals surface area contributed by atoms with E-state index in [1.54, 1.807) is 46.0 Å². The van der Waals surface area contributed by atoms with Gasteiger partial charge in [0.25, 0.3) is 0 Å². The quantitative estimate of drug-likeness (QED) is 0.468. The third-order valence-corrected chi connectivity index (χ3v) is 5.59. The number of halogens is 2. The van der Waals surface area contributed by atoms with Crippen molar-refractivity contribution >= 4 is 12.1 Å². The molecule has 33 heavy (non-hydrogen) atoms. The molecular formula is C25H30F2N2O4. The molecule has 0 spiro atoms. The van der Waals surface area contributed by atoms with Crippen molar-refractivity contribution in [2.75, 3.05) is 6.61 Å². The number of carbonyl (C=O) groups excluding carboxylic acids is 2. The van der Waals surface area contributed by atoms with E-state index >= 15 is 0 Å². The van der Waals surface area contributed by atoms with Crippen molar-refractivity contribution in [3.63, 3.8) is 0 Å². The molecule has 6 nitrogen and oxygen atoms in total. The van der Waals surface area contributed by atoms with Gasteiger partial charge in [-0.05, 0) is 63.8 Å². The second-order valence-electron chi connectivity index (χ2n) is 9.13. The topological polar surface area (TPSA) is 77.5 Å². The van der Waals surface area contributed by atoms with Gasteiger partial charge in [-0.15, -0.1) is 0 Å². The summed E-state index contributed by atoms with van der Waals surface area (Å²) >= 11 is 0. The Morgan fingerprint density at radius 1 is 1.12 bits per heavy atom. The fourth-order valence-corrected chi connectivity index (χ4v) is 4.31. The molecule has 1 aromatic carbocycles. The van der Waals surface area contributed by atoms with Crippen LogP contribution in [-0.4, -0.2) is 29.3 Å². The van der Waals surface area contributed by atoms with E-state index in [1.165, 1.54) is 12.1 Å². The number of nitrogens with zero attached hydrogens (tertiary/aromatic N) is 1. The molecule has 0 aliphatic heterocycles. The fraction of sp³-hybridized carbons (Fsp3) is 0.480. The van der Waals surface area contributed by atoms with Gasteiger partial charge in [-0.2, -0.15) is 0 Å². The van der Waals surface area contributed by atoms with Crippen LogP contribution >= 0.6 is 0 Å². The van der Waals surface area contributed by atoms with E-state index in [-0.39, 0.29) is 30.5 Å². The van der Waals surface area contributed by atoms with Crippen LogP contribution in [0.15, 0.2) is 36.5 Å². The van der Waals surface area contributed by atoms with Crippen LogP contribution in [0.2, 0.25) is 0 Å². The fourth-order valence-electron chi connectivity index (χ4n) is 4.31. The SMILES string of the molecule is CCOC(=O)C[C@H]1CC[C@@H](c2cccc(F)c2F)[C@H](NC(=O)OC(C)(C)C)c2cccnc21. The van der Waals surface area contributed by atoms with Crippen LogP contribution in [-0.2, 0) is 14.3 Å². The molecule has 1 N–H and O–H groups in total. The number of benzene rings is 1. The number of hydrogen-bond acceptors (Lipinski definition) is 5. The Labute approximate surface area is 192 Å². The Balaban J connectivity index is 2.06. The second kappa shape index (κ2) is 10.3. The minimum absolute atomic E-state index is 0.107. The van der Waals surface area contributed by atoms with Gasteiger partial charge in [0, 0.05) is 23.7 Å². The van der Waals surface area contributed by atoms with Crippen LogP contribution in [0, 0.1) is 11.6 Å². The largest absolute Gasteiger partial charge is 0.466 e. The monoisotopic (exact) mass is 460 g/mol. The van der Waals surface area contributed by atoms with E-state index in [1.807, 2.05) is 0 Å². The molecular weight excluding hydrogens is 430 g/mol. The lowest BCUT2D eigenvalue weighted by Gasteiger charge is -2.29. The molecule has 0 saturated carbocycles. The van der Waals surface area contributed by atoms with E-state index in [2.05, 4.69) is 10.3 Å². The highest BCUT2D eigenvalue weighted by Gasteiger charge is 2.37. The molecule has 3 atom stereocenters. The van der Waals surface area contributed by atoms with Crippen molar-refractivity contribution in [3.8, 4) is 0 Å². The van der Waals surface area contributed by atoms with Gasteiger partial charge in [0.2, 0.25) is 0 Å². The number of hydrogen-bond donors (Lipinski definition) is 1. The number of alkyl carbamates (subject to hydrolysis) is 1. The van der Waals surface area contributed by atoms with Gasteiger partial charge < -0.3 is 14.8 Å². The first-order valence-corrected chi connectivity index (χ1v) is 11.1. The molecule has 1 aliphatic carbocycles. The number of esters is 1. The number of amides is 1. The maximum atomic E-state index is 14.9. The van der Waals surface area contributed by atoms with Crippen molar-refractivity contribution in [3.05, 3.63) is 65.0 Å². The van der Waals surface area contributed by atoms with Gasteiger partial charge in [0.05, 0.1) is 19.1 Å². The number of aromatic nitrogens is 1. The average molecular weight is 461 g/mol. The van der Waals surface area contributed by atoms with Gasteiger partial charge in [0.15, 0.2) is 11.6 Å². The molecule has 0 unspecified atom stereocenters. The molecule has 1 heterocycles. The molecule has 178 valence electrons. The van der Waals surface area contributed by atoms with Gasteiger partial charge >= 0.3 is 12.1 Å².